The molecule has 0 aliphatic heterocycles. The Bertz CT molecular complexity index is 530. The summed E-state index contributed by atoms with van der Waals surface area (Å²) in [6.45, 7) is 6.42. The Morgan fingerprint density at radius 3 is 2.68 bits per heavy atom. The third kappa shape index (κ3) is 4.06. The van der Waals surface area contributed by atoms with Crippen LogP contribution >= 0.6 is 0 Å². The van der Waals surface area contributed by atoms with E-state index in [1.807, 2.05) is 20.8 Å². The van der Waals surface area contributed by atoms with E-state index in [1.165, 1.54) is 12.8 Å². The van der Waals surface area contributed by atoms with E-state index in [0.717, 1.165) is 12.1 Å². The standard InChI is InChI=1S/C13H23N3O2S/c1-4-13(2,3)16-19(17,18)12-7-11(15-9-12)8-14-10-5-6-10/h7,9-10,14-16H,4-6,8H2,1-3H3. The summed E-state index contributed by atoms with van der Waals surface area (Å²) in [6, 6.07) is 2.31. The van der Waals surface area contributed by atoms with Gasteiger partial charge >= 0.3 is 0 Å². The molecule has 1 aliphatic carbocycles. The molecule has 0 unspecified atom stereocenters. The molecule has 1 heterocycles. The second-order valence-electron chi connectivity index (χ2n) is 5.86. The second-order valence-corrected chi connectivity index (χ2v) is 7.54. The molecule has 1 aliphatic rings. The Hall–Kier alpha value is -0.850. The Balaban J connectivity index is 2.03. The first-order chi connectivity index (χ1) is 8.82. The molecule has 19 heavy (non-hydrogen) atoms. The molecule has 0 radical (unpaired) electrons. The number of sulfonamides is 1. The zero-order valence-electron chi connectivity index (χ0n) is 11.8. The van der Waals surface area contributed by atoms with Gasteiger partial charge in [0.1, 0.15) is 0 Å². The number of hydrogen-bond donors (Lipinski definition) is 3. The lowest BCUT2D eigenvalue weighted by Gasteiger charge is -2.23. The number of aromatic nitrogens is 1. The molecule has 1 fully saturated rings. The molecule has 5 nitrogen and oxygen atoms in total. The highest BCUT2D eigenvalue weighted by atomic mass is 32.2. The fourth-order valence-corrected chi connectivity index (χ4v) is 3.21. The zero-order chi connectivity index (χ0) is 14.1. The first-order valence-electron chi connectivity index (χ1n) is 6.77. The van der Waals surface area contributed by atoms with E-state index in [1.54, 1.807) is 12.3 Å². The van der Waals surface area contributed by atoms with E-state index < -0.39 is 15.6 Å². The monoisotopic (exact) mass is 285 g/mol. The quantitative estimate of drug-likeness (QED) is 0.714. The summed E-state index contributed by atoms with van der Waals surface area (Å²) < 4.78 is 27.2. The Kier molecular flexibility index (Phi) is 4.03. The van der Waals surface area contributed by atoms with Gasteiger partial charge < -0.3 is 10.3 Å². The molecule has 1 saturated carbocycles. The van der Waals surface area contributed by atoms with Crippen LogP contribution in [0.25, 0.3) is 0 Å². The van der Waals surface area contributed by atoms with Crippen LogP contribution in [0, 0.1) is 0 Å². The van der Waals surface area contributed by atoms with Gasteiger partial charge in [0.05, 0.1) is 4.90 Å². The lowest BCUT2D eigenvalue weighted by molar-refractivity contribution is 0.439. The summed E-state index contributed by atoms with van der Waals surface area (Å²) in [5, 5.41) is 3.35. The van der Waals surface area contributed by atoms with E-state index in [9.17, 15) is 8.42 Å². The molecule has 0 saturated heterocycles. The molecule has 108 valence electrons. The van der Waals surface area contributed by atoms with E-state index in [4.69, 9.17) is 0 Å². The Morgan fingerprint density at radius 2 is 2.11 bits per heavy atom. The first kappa shape index (κ1) is 14.6. The number of H-pyrrole nitrogens is 1. The Labute approximate surface area is 115 Å². The molecule has 1 aromatic heterocycles. The van der Waals surface area contributed by atoms with Crippen molar-refractivity contribution in [1.29, 1.82) is 0 Å². The molecule has 3 N–H and O–H groups in total. The van der Waals surface area contributed by atoms with Crippen LogP contribution in [0.2, 0.25) is 0 Å². The maximum Gasteiger partial charge on any atom is 0.242 e. The zero-order valence-corrected chi connectivity index (χ0v) is 12.6. The van der Waals surface area contributed by atoms with Gasteiger partial charge in [0.15, 0.2) is 0 Å². The average molecular weight is 285 g/mol. The van der Waals surface area contributed by atoms with Crippen molar-refractivity contribution >= 4 is 10.0 Å². The number of nitrogens with one attached hydrogen (secondary N) is 3. The van der Waals surface area contributed by atoms with Gasteiger partial charge in [0, 0.05) is 30.0 Å². The lowest BCUT2D eigenvalue weighted by atomic mass is 10.0. The number of rotatable bonds is 7. The summed E-state index contributed by atoms with van der Waals surface area (Å²) in [4.78, 5) is 3.32. The second kappa shape index (κ2) is 5.26. The predicted molar refractivity (Wildman–Crippen MR) is 75.3 cm³/mol. The smallest absolute Gasteiger partial charge is 0.242 e. The van der Waals surface area contributed by atoms with Gasteiger partial charge in [-0.2, -0.15) is 0 Å². The van der Waals surface area contributed by atoms with Crippen LogP contribution in [0.4, 0.5) is 0 Å². The minimum Gasteiger partial charge on any atom is -0.363 e. The molecule has 0 aromatic carbocycles. The van der Waals surface area contributed by atoms with Gasteiger partial charge in [-0.05, 0) is 39.2 Å². The van der Waals surface area contributed by atoms with Gasteiger partial charge in [-0.1, -0.05) is 6.92 Å². The fraction of sp³-hybridized carbons (Fsp3) is 0.692. The van der Waals surface area contributed by atoms with Gasteiger partial charge in [0.2, 0.25) is 10.0 Å². The third-order valence-corrected chi connectivity index (χ3v) is 5.16. The van der Waals surface area contributed by atoms with Gasteiger partial charge in [0.25, 0.3) is 0 Å². The average Bonchev–Trinajstić information content (AvgIpc) is 3.01. The summed E-state index contributed by atoms with van der Waals surface area (Å²) in [5.41, 5.74) is 0.476. The molecule has 0 atom stereocenters. The van der Waals surface area contributed by atoms with E-state index >= 15 is 0 Å². The van der Waals surface area contributed by atoms with Gasteiger partial charge in [-0.15, -0.1) is 0 Å². The minimum atomic E-state index is -3.44. The van der Waals surface area contributed by atoms with Crippen molar-refractivity contribution < 1.29 is 8.42 Å². The van der Waals surface area contributed by atoms with Crippen LogP contribution in [0.15, 0.2) is 17.2 Å². The van der Waals surface area contributed by atoms with Gasteiger partial charge in [-0.3, -0.25) is 0 Å². The summed E-state index contributed by atoms with van der Waals surface area (Å²) in [7, 11) is -3.44. The Morgan fingerprint density at radius 1 is 1.42 bits per heavy atom. The van der Waals surface area contributed by atoms with E-state index in [0.29, 0.717) is 17.5 Å². The van der Waals surface area contributed by atoms with Crippen LogP contribution in [0.5, 0.6) is 0 Å². The lowest BCUT2D eigenvalue weighted by Crippen LogP contribution is -2.42. The van der Waals surface area contributed by atoms with Crippen LogP contribution in [-0.4, -0.2) is 25.0 Å². The predicted octanol–water partition coefficient (Wildman–Crippen LogP) is 1.73. The molecule has 0 bridgehead atoms. The minimum absolute atomic E-state index is 0.307. The maximum absolute atomic E-state index is 12.2. The topological polar surface area (TPSA) is 74.0 Å². The van der Waals surface area contributed by atoms with Gasteiger partial charge in [-0.25, -0.2) is 13.1 Å². The van der Waals surface area contributed by atoms with Crippen molar-refractivity contribution in [3.8, 4) is 0 Å². The van der Waals surface area contributed by atoms with Crippen molar-refractivity contribution in [3.05, 3.63) is 18.0 Å². The molecular formula is C13H23N3O2S. The molecule has 1 aromatic rings. The van der Waals surface area contributed by atoms with Crippen molar-refractivity contribution in [1.82, 2.24) is 15.0 Å². The van der Waals surface area contributed by atoms with Crippen LogP contribution in [0.1, 0.15) is 45.7 Å². The summed E-state index contributed by atoms with van der Waals surface area (Å²) in [5.74, 6) is 0. The molecular weight excluding hydrogens is 262 g/mol. The molecule has 0 amide bonds. The van der Waals surface area contributed by atoms with Crippen LogP contribution < -0.4 is 10.0 Å². The highest BCUT2D eigenvalue weighted by molar-refractivity contribution is 7.89. The molecule has 6 heteroatoms. The van der Waals surface area contributed by atoms with E-state index in [2.05, 4.69) is 15.0 Å². The number of aromatic amines is 1. The van der Waals surface area contributed by atoms with Crippen LogP contribution in [-0.2, 0) is 16.6 Å². The van der Waals surface area contributed by atoms with Crippen LogP contribution in [0.3, 0.4) is 0 Å². The summed E-state index contributed by atoms with van der Waals surface area (Å²) in [6.07, 6.45) is 4.74. The maximum atomic E-state index is 12.2. The van der Waals surface area contributed by atoms with Crippen molar-refractivity contribution in [2.45, 2.75) is 63.1 Å². The first-order valence-corrected chi connectivity index (χ1v) is 8.25. The normalized spacial score (nSPS) is 16.8. The highest BCUT2D eigenvalue weighted by Gasteiger charge is 2.25. The fourth-order valence-electron chi connectivity index (χ4n) is 1.71. The van der Waals surface area contributed by atoms with Crippen molar-refractivity contribution in [3.63, 3.8) is 0 Å². The van der Waals surface area contributed by atoms with Crippen molar-refractivity contribution in [2.24, 2.45) is 0 Å². The molecule has 0 spiro atoms. The van der Waals surface area contributed by atoms with E-state index in [-0.39, 0.29) is 0 Å². The SMILES string of the molecule is CCC(C)(C)NS(=O)(=O)c1c[nH]c(CNC2CC2)c1. The summed E-state index contributed by atoms with van der Waals surface area (Å²) >= 11 is 0. The largest absolute Gasteiger partial charge is 0.363 e. The van der Waals surface area contributed by atoms with Crippen molar-refractivity contribution in [2.75, 3.05) is 0 Å². The molecule has 2 rings (SSSR count). The highest BCUT2D eigenvalue weighted by Crippen LogP contribution is 2.20. The number of hydrogen-bond acceptors (Lipinski definition) is 3. The third-order valence-electron chi connectivity index (χ3n) is 3.48.